The van der Waals surface area contributed by atoms with Crippen molar-refractivity contribution in [3.8, 4) is 16.9 Å². The maximum atomic E-state index is 13.3. The molecular weight excluding hydrogens is 406 g/mol. The van der Waals surface area contributed by atoms with E-state index in [2.05, 4.69) is 55.5 Å². The molecule has 0 heterocycles. The third-order valence-corrected chi connectivity index (χ3v) is 5.42. The van der Waals surface area contributed by atoms with Gasteiger partial charge in [0.15, 0.2) is 11.6 Å². The highest BCUT2D eigenvalue weighted by molar-refractivity contribution is 5.91. The second-order valence-corrected chi connectivity index (χ2v) is 7.76. The van der Waals surface area contributed by atoms with Crippen LogP contribution in [0.3, 0.4) is 0 Å². The molecule has 0 aromatic heterocycles. The minimum atomic E-state index is -1.06. The maximum Gasteiger partial charge on any atom is 0.343 e. The molecule has 0 fully saturated rings. The molecule has 32 heavy (non-hydrogen) atoms. The molecule has 0 radical (unpaired) electrons. The average molecular weight is 428 g/mol. The normalized spacial score (nSPS) is 11.7. The SMILES string of the molecule is CC(Cc1ccc(-c2ccc(C(=O)Oc3ccc(F)c(F)c3)cc2)cc1)c1ccccc1. The molecule has 0 bridgehead atoms. The van der Waals surface area contributed by atoms with Crippen LogP contribution < -0.4 is 4.74 Å². The molecule has 0 aliphatic carbocycles. The van der Waals surface area contributed by atoms with Gasteiger partial charge in [0, 0.05) is 6.07 Å². The van der Waals surface area contributed by atoms with Gasteiger partial charge in [0.1, 0.15) is 5.75 Å². The van der Waals surface area contributed by atoms with Crippen molar-refractivity contribution in [3.05, 3.63) is 125 Å². The first-order valence-corrected chi connectivity index (χ1v) is 10.4. The summed E-state index contributed by atoms with van der Waals surface area (Å²) in [5.74, 6) is -2.30. The predicted molar refractivity (Wildman–Crippen MR) is 122 cm³/mol. The van der Waals surface area contributed by atoms with Crippen molar-refractivity contribution < 1.29 is 18.3 Å². The Bertz CT molecular complexity index is 1200. The summed E-state index contributed by atoms with van der Waals surface area (Å²) in [6.45, 7) is 2.22. The van der Waals surface area contributed by atoms with Crippen molar-refractivity contribution in [1.29, 1.82) is 0 Å². The fraction of sp³-hybridized carbons (Fsp3) is 0.107. The lowest BCUT2D eigenvalue weighted by Crippen LogP contribution is -2.08. The second kappa shape index (κ2) is 9.56. The molecule has 2 nitrogen and oxygen atoms in total. The lowest BCUT2D eigenvalue weighted by molar-refractivity contribution is 0.0734. The van der Waals surface area contributed by atoms with E-state index in [4.69, 9.17) is 4.74 Å². The lowest BCUT2D eigenvalue weighted by atomic mass is 9.93. The first-order chi connectivity index (χ1) is 15.5. The highest BCUT2D eigenvalue weighted by Gasteiger charge is 2.11. The van der Waals surface area contributed by atoms with Gasteiger partial charge in [0.25, 0.3) is 0 Å². The molecule has 0 saturated carbocycles. The Kier molecular flexibility index (Phi) is 6.41. The molecule has 4 aromatic rings. The molecule has 0 amide bonds. The Morgan fingerprint density at radius 3 is 2.03 bits per heavy atom. The van der Waals surface area contributed by atoms with Crippen LogP contribution in [0.1, 0.15) is 34.3 Å². The van der Waals surface area contributed by atoms with E-state index in [1.54, 1.807) is 12.1 Å². The summed E-state index contributed by atoms with van der Waals surface area (Å²) in [5, 5.41) is 0. The van der Waals surface area contributed by atoms with Crippen LogP contribution >= 0.6 is 0 Å². The van der Waals surface area contributed by atoms with E-state index < -0.39 is 17.6 Å². The number of esters is 1. The van der Waals surface area contributed by atoms with Gasteiger partial charge in [0.05, 0.1) is 5.56 Å². The smallest absolute Gasteiger partial charge is 0.343 e. The van der Waals surface area contributed by atoms with Gasteiger partial charge in [-0.2, -0.15) is 0 Å². The molecule has 0 aliphatic heterocycles. The largest absolute Gasteiger partial charge is 0.423 e. The van der Waals surface area contributed by atoms with Gasteiger partial charge in [-0.1, -0.05) is 73.7 Å². The fourth-order valence-corrected chi connectivity index (χ4v) is 3.59. The molecule has 1 unspecified atom stereocenters. The average Bonchev–Trinajstić information content (AvgIpc) is 2.82. The minimum absolute atomic E-state index is 0.0432. The van der Waals surface area contributed by atoms with Gasteiger partial charge >= 0.3 is 5.97 Å². The summed E-state index contributed by atoms with van der Waals surface area (Å²) in [7, 11) is 0. The highest BCUT2D eigenvalue weighted by atomic mass is 19.2. The number of halogens is 2. The fourth-order valence-electron chi connectivity index (χ4n) is 3.59. The minimum Gasteiger partial charge on any atom is -0.423 e. The number of carbonyl (C=O) groups is 1. The Morgan fingerprint density at radius 2 is 1.41 bits per heavy atom. The van der Waals surface area contributed by atoms with Crippen LogP contribution in [0.2, 0.25) is 0 Å². The first kappa shape index (κ1) is 21.4. The molecule has 0 aliphatic rings. The molecule has 0 spiro atoms. The van der Waals surface area contributed by atoms with E-state index in [0.717, 1.165) is 29.7 Å². The van der Waals surface area contributed by atoms with Crippen molar-refractivity contribution >= 4 is 5.97 Å². The Labute approximate surface area is 186 Å². The predicted octanol–water partition coefficient (Wildman–Crippen LogP) is 7.20. The molecule has 4 aromatic carbocycles. The zero-order valence-corrected chi connectivity index (χ0v) is 17.6. The zero-order valence-electron chi connectivity index (χ0n) is 17.6. The van der Waals surface area contributed by atoms with E-state index in [1.807, 2.05) is 18.2 Å². The molecule has 0 saturated heterocycles. The van der Waals surface area contributed by atoms with Crippen LogP contribution in [0.15, 0.2) is 97.1 Å². The summed E-state index contributed by atoms with van der Waals surface area (Å²) in [5.41, 5.74) is 4.92. The number of rotatable bonds is 6. The van der Waals surface area contributed by atoms with Crippen molar-refractivity contribution in [2.75, 3.05) is 0 Å². The van der Waals surface area contributed by atoms with Crippen LogP contribution in [0.25, 0.3) is 11.1 Å². The summed E-state index contributed by atoms with van der Waals surface area (Å²) in [6, 6.07) is 28.8. The molecule has 4 heteroatoms. The molecule has 160 valence electrons. The first-order valence-electron chi connectivity index (χ1n) is 10.4. The summed E-state index contributed by atoms with van der Waals surface area (Å²) in [4.78, 5) is 12.3. The van der Waals surface area contributed by atoms with E-state index >= 15 is 0 Å². The number of ether oxygens (including phenoxy) is 1. The van der Waals surface area contributed by atoms with Crippen LogP contribution in [0.4, 0.5) is 8.78 Å². The van der Waals surface area contributed by atoms with Crippen LogP contribution in [0, 0.1) is 11.6 Å². The lowest BCUT2D eigenvalue weighted by Gasteiger charge is -2.12. The Morgan fingerprint density at radius 1 is 0.781 bits per heavy atom. The van der Waals surface area contributed by atoms with Gasteiger partial charge in [-0.25, -0.2) is 13.6 Å². The van der Waals surface area contributed by atoms with Crippen LogP contribution in [-0.2, 0) is 6.42 Å². The van der Waals surface area contributed by atoms with Crippen LogP contribution in [-0.4, -0.2) is 5.97 Å². The highest BCUT2D eigenvalue weighted by Crippen LogP contribution is 2.25. The van der Waals surface area contributed by atoms with Crippen molar-refractivity contribution in [3.63, 3.8) is 0 Å². The summed E-state index contributed by atoms with van der Waals surface area (Å²) in [6.07, 6.45) is 0.957. The third kappa shape index (κ3) is 5.09. The number of hydrogen-bond acceptors (Lipinski definition) is 2. The van der Waals surface area contributed by atoms with Crippen molar-refractivity contribution in [2.24, 2.45) is 0 Å². The number of benzene rings is 4. The van der Waals surface area contributed by atoms with Gasteiger partial charge < -0.3 is 4.74 Å². The van der Waals surface area contributed by atoms with Crippen molar-refractivity contribution in [2.45, 2.75) is 19.3 Å². The summed E-state index contributed by atoms with van der Waals surface area (Å²) >= 11 is 0. The zero-order chi connectivity index (χ0) is 22.5. The second-order valence-electron chi connectivity index (χ2n) is 7.76. The van der Waals surface area contributed by atoms with Gasteiger partial charge in [0.2, 0.25) is 0 Å². The standard InChI is InChI=1S/C28H22F2O2/c1-19(21-5-3-2-4-6-21)17-20-7-9-22(10-8-20)23-11-13-24(14-12-23)28(31)32-25-15-16-26(29)27(30)18-25/h2-16,18-19H,17H2,1H3. The van der Waals surface area contributed by atoms with Gasteiger partial charge in [-0.15, -0.1) is 0 Å². The quantitative estimate of drug-likeness (QED) is 0.240. The Balaban J connectivity index is 1.41. The van der Waals surface area contributed by atoms with E-state index in [0.29, 0.717) is 11.5 Å². The number of hydrogen-bond donors (Lipinski definition) is 0. The Hall–Kier alpha value is -3.79. The molecule has 1 atom stereocenters. The van der Waals surface area contributed by atoms with Gasteiger partial charge in [-0.05, 0) is 58.9 Å². The van der Waals surface area contributed by atoms with E-state index in [9.17, 15) is 13.6 Å². The molecular formula is C28H22F2O2. The molecule has 4 rings (SSSR count). The maximum absolute atomic E-state index is 13.3. The summed E-state index contributed by atoms with van der Waals surface area (Å²) < 4.78 is 31.4. The number of carbonyl (C=O) groups excluding carboxylic acids is 1. The van der Waals surface area contributed by atoms with Gasteiger partial charge in [-0.3, -0.25) is 0 Å². The topological polar surface area (TPSA) is 26.3 Å². The van der Waals surface area contributed by atoms with Crippen LogP contribution in [0.5, 0.6) is 5.75 Å². The molecule has 0 N–H and O–H groups in total. The van der Waals surface area contributed by atoms with E-state index in [-0.39, 0.29) is 5.75 Å². The van der Waals surface area contributed by atoms with E-state index in [1.165, 1.54) is 17.2 Å². The van der Waals surface area contributed by atoms with Crippen molar-refractivity contribution in [1.82, 2.24) is 0 Å². The third-order valence-electron chi connectivity index (χ3n) is 5.42. The monoisotopic (exact) mass is 428 g/mol.